The Morgan fingerprint density at radius 3 is 2.75 bits per heavy atom. The van der Waals surface area contributed by atoms with Crippen LogP contribution >= 0.6 is 11.8 Å². The Morgan fingerprint density at radius 1 is 1.33 bits per heavy atom. The zero-order chi connectivity index (χ0) is 17.3. The highest BCUT2D eigenvalue weighted by atomic mass is 32.2. The van der Waals surface area contributed by atoms with E-state index in [2.05, 4.69) is 10.6 Å². The molecule has 2 saturated heterocycles. The molecule has 1 saturated carbocycles. The quantitative estimate of drug-likeness (QED) is 0.448. The van der Waals surface area contributed by atoms with Gasteiger partial charge in [0, 0.05) is 23.5 Å². The number of nitrogens with one attached hydrogen (secondary N) is 2. The fraction of sp³-hybridized carbons (Fsp3) is 0.812. The van der Waals surface area contributed by atoms with Crippen molar-refractivity contribution in [3.05, 3.63) is 0 Å². The van der Waals surface area contributed by atoms with E-state index in [-0.39, 0.29) is 30.1 Å². The smallest absolute Gasteiger partial charge is 0.326 e. The lowest BCUT2D eigenvalue weighted by Gasteiger charge is -2.26. The van der Waals surface area contributed by atoms with Crippen LogP contribution in [0.2, 0.25) is 0 Å². The molecule has 4 atom stereocenters. The van der Waals surface area contributed by atoms with E-state index in [1.54, 1.807) is 11.8 Å². The standard InChI is InChI=1S/C16H25N3O4S/c1-9(15(21)22)19(10-6-7-10)13(20)5-3-2-4-12-14-11(8-24-12)17-16(23)18-14/h9-12,14H,2-8H2,1H3,(H,21,22)(H2,17,18,23). The average molecular weight is 355 g/mol. The lowest BCUT2D eigenvalue weighted by molar-refractivity contribution is -0.150. The Kier molecular flexibility index (Phi) is 5.22. The number of aliphatic carboxylic acids is 1. The van der Waals surface area contributed by atoms with Gasteiger partial charge >= 0.3 is 12.0 Å². The van der Waals surface area contributed by atoms with Crippen LogP contribution in [0.25, 0.3) is 0 Å². The van der Waals surface area contributed by atoms with Crippen LogP contribution in [0.5, 0.6) is 0 Å². The van der Waals surface area contributed by atoms with Gasteiger partial charge in [0.1, 0.15) is 6.04 Å². The molecule has 0 bridgehead atoms. The van der Waals surface area contributed by atoms with Gasteiger partial charge in [-0.15, -0.1) is 0 Å². The maximum atomic E-state index is 12.4. The highest BCUT2D eigenvalue weighted by Crippen LogP contribution is 2.33. The summed E-state index contributed by atoms with van der Waals surface area (Å²) in [5.74, 6) is -0.0354. The van der Waals surface area contributed by atoms with Crippen LogP contribution in [0.4, 0.5) is 4.79 Å². The molecule has 3 amide bonds. The van der Waals surface area contributed by atoms with E-state index in [1.807, 2.05) is 11.8 Å². The lowest BCUT2D eigenvalue weighted by Crippen LogP contribution is -2.44. The maximum Gasteiger partial charge on any atom is 0.326 e. The highest BCUT2D eigenvalue weighted by molar-refractivity contribution is 8.00. The summed E-state index contributed by atoms with van der Waals surface area (Å²) >= 11 is 1.88. The van der Waals surface area contributed by atoms with Crippen LogP contribution in [-0.2, 0) is 9.59 Å². The van der Waals surface area contributed by atoms with Gasteiger partial charge in [-0.2, -0.15) is 11.8 Å². The average Bonchev–Trinajstić information content (AvgIpc) is 3.19. The number of urea groups is 1. The Balaban J connectivity index is 1.40. The second-order valence-corrected chi connectivity index (χ2v) is 8.19. The van der Waals surface area contributed by atoms with Gasteiger partial charge in [0.2, 0.25) is 5.91 Å². The number of amides is 3. The molecular weight excluding hydrogens is 330 g/mol. The molecule has 4 unspecified atom stereocenters. The minimum Gasteiger partial charge on any atom is -0.480 e. The van der Waals surface area contributed by atoms with Crippen molar-refractivity contribution >= 4 is 29.7 Å². The number of rotatable bonds is 8. The Bertz CT molecular complexity index is 525. The van der Waals surface area contributed by atoms with Crippen molar-refractivity contribution in [2.45, 2.75) is 74.9 Å². The number of carboxylic acid groups (broad SMARTS) is 1. The van der Waals surface area contributed by atoms with Gasteiger partial charge in [0.05, 0.1) is 12.1 Å². The number of carbonyl (C=O) groups is 3. The zero-order valence-electron chi connectivity index (χ0n) is 13.9. The molecule has 0 aromatic heterocycles. The fourth-order valence-electron chi connectivity index (χ4n) is 3.60. The van der Waals surface area contributed by atoms with Crippen LogP contribution in [0, 0.1) is 0 Å². The lowest BCUT2D eigenvalue weighted by atomic mass is 10.0. The number of fused-ring (bicyclic) bond motifs is 1. The Hall–Kier alpha value is -1.44. The van der Waals surface area contributed by atoms with Gasteiger partial charge in [0.15, 0.2) is 0 Å². The zero-order valence-corrected chi connectivity index (χ0v) is 14.7. The molecule has 0 aromatic rings. The van der Waals surface area contributed by atoms with Crippen LogP contribution < -0.4 is 10.6 Å². The molecule has 7 nitrogen and oxygen atoms in total. The van der Waals surface area contributed by atoms with Crippen LogP contribution in [-0.4, -0.2) is 63.1 Å². The van der Waals surface area contributed by atoms with Crippen molar-refractivity contribution in [3.8, 4) is 0 Å². The summed E-state index contributed by atoms with van der Waals surface area (Å²) in [4.78, 5) is 36.5. The van der Waals surface area contributed by atoms with E-state index in [1.165, 1.54) is 0 Å². The molecule has 2 aliphatic heterocycles. The van der Waals surface area contributed by atoms with Gasteiger partial charge in [-0.25, -0.2) is 9.59 Å². The molecule has 0 aromatic carbocycles. The minimum absolute atomic E-state index is 0.0415. The number of unbranched alkanes of at least 4 members (excludes halogenated alkanes) is 1. The molecular formula is C16H25N3O4S. The third kappa shape index (κ3) is 3.79. The molecule has 3 N–H and O–H groups in total. The minimum atomic E-state index is -0.937. The largest absolute Gasteiger partial charge is 0.480 e. The Labute approximate surface area is 145 Å². The first kappa shape index (κ1) is 17.4. The van der Waals surface area contributed by atoms with Crippen molar-refractivity contribution in [1.82, 2.24) is 15.5 Å². The van der Waals surface area contributed by atoms with Crippen molar-refractivity contribution in [1.29, 1.82) is 0 Å². The van der Waals surface area contributed by atoms with Gasteiger partial charge in [-0.1, -0.05) is 6.42 Å². The predicted molar refractivity (Wildman–Crippen MR) is 90.9 cm³/mol. The number of carbonyl (C=O) groups excluding carboxylic acids is 2. The molecule has 3 aliphatic rings. The molecule has 1 aliphatic carbocycles. The monoisotopic (exact) mass is 355 g/mol. The number of nitrogens with zero attached hydrogens (tertiary/aromatic N) is 1. The number of hydrogen-bond donors (Lipinski definition) is 3. The van der Waals surface area contributed by atoms with E-state index in [4.69, 9.17) is 5.11 Å². The third-order valence-electron chi connectivity index (χ3n) is 5.07. The molecule has 8 heteroatoms. The first-order chi connectivity index (χ1) is 11.5. The fourth-order valence-corrected chi connectivity index (χ4v) is 5.14. The number of thioether (sulfide) groups is 1. The molecule has 24 heavy (non-hydrogen) atoms. The molecule has 0 spiro atoms. The number of hydrogen-bond acceptors (Lipinski definition) is 4. The van der Waals surface area contributed by atoms with E-state index in [9.17, 15) is 14.4 Å². The second-order valence-electron chi connectivity index (χ2n) is 6.91. The molecule has 0 radical (unpaired) electrons. The van der Waals surface area contributed by atoms with Crippen LogP contribution in [0.3, 0.4) is 0 Å². The van der Waals surface area contributed by atoms with E-state index >= 15 is 0 Å². The molecule has 3 fully saturated rings. The summed E-state index contributed by atoms with van der Waals surface area (Å²) in [7, 11) is 0. The van der Waals surface area contributed by atoms with Crippen LogP contribution in [0.15, 0.2) is 0 Å². The first-order valence-corrected chi connectivity index (χ1v) is 9.75. The van der Waals surface area contributed by atoms with Gasteiger partial charge in [0.25, 0.3) is 0 Å². The van der Waals surface area contributed by atoms with E-state index in [0.29, 0.717) is 11.7 Å². The molecule has 3 rings (SSSR count). The summed E-state index contributed by atoms with van der Waals surface area (Å²) < 4.78 is 0. The second kappa shape index (κ2) is 7.21. The highest BCUT2D eigenvalue weighted by Gasteiger charge is 2.42. The van der Waals surface area contributed by atoms with Crippen molar-refractivity contribution in [2.24, 2.45) is 0 Å². The van der Waals surface area contributed by atoms with Crippen molar-refractivity contribution in [3.63, 3.8) is 0 Å². The SMILES string of the molecule is CC(C(=O)O)N(C(=O)CCCCC1SCC2NC(=O)NC21)C1CC1. The van der Waals surface area contributed by atoms with E-state index < -0.39 is 12.0 Å². The summed E-state index contributed by atoms with van der Waals surface area (Å²) in [6, 6.07) is -0.261. The van der Waals surface area contributed by atoms with E-state index in [0.717, 1.165) is 37.9 Å². The maximum absolute atomic E-state index is 12.4. The first-order valence-electron chi connectivity index (χ1n) is 8.70. The third-order valence-corrected chi connectivity index (χ3v) is 6.58. The Morgan fingerprint density at radius 2 is 2.08 bits per heavy atom. The summed E-state index contributed by atoms with van der Waals surface area (Å²) in [5, 5.41) is 15.5. The molecule has 2 heterocycles. The summed E-state index contributed by atoms with van der Waals surface area (Å²) in [6.45, 7) is 1.59. The van der Waals surface area contributed by atoms with Crippen molar-refractivity contribution in [2.75, 3.05) is 5.75 Å². The number of carboxylic acids is 1. The topological polar surface area (TPSA) is 98.7 Å². The van der Waals surface area contributed by atoms with Crippen molar-refractivity contribution < 1.29 is 19.5 Å². The normalized spacial score (nSPS) is 29.5. The molecule has 134 valence electrons. The van der Waals surface area contributed by atoms with Crippen LogP contribution in [0.1, 0.15) is 45.4 Å². The summed E-state index contributed by atoms with van der Waals surface area (Å²) in [5.41, 5.74) is 0. The van der Waals surface area contributed by atoms with Gasteiger partial charge in [-0.3, -0.25) is 4.79 Å². The summed E-state index contributed by atoms with van der Waals surface area (Å²) in [6.07, 6.45) is 4.89. The predicted octanol–water partition coefficient (Wildman–Crippen LogP) is 1.18. The van der Waals surface area contributed by atoms with Gasteiger partial charge < -0.3 is 20.6 Å². The van der Waals surface area contributed by atoms with Gasteiger partial charge in [-0.05, 0) is 32.6 Å².